The molecule has 0 aromatic heterocycles. The fourth-order valence-corrected chi connectivity index (χ4v) is 2.26. The highest BCUT2D eigenvalue weighted by Gasteiger charge is 2.09. The molecule has 7 heteroatoms. The molecule has 122 valence electrons. The van der Waals surface area contributed by atoms with Gasteiger partial charge >= 0.3 is 0 Å². The number of nitriles is 1. The molecule has 0 bridgehead atoms. The Morgan fingerprint density at radius 1 is 1.08 bits per heavy atom. The fourth-order valence-electron chi connectivity index (χ4n) is 1.79. The molecule has 0 atom stereocenters. The summed E-state index contributed by atoms with van der Waals surface area (Å²) in [7, 11) is 0. The van der Waals surface area contributed by atoms with E-state index in [1.165, 1.54) is 6.20 Å². The van der Waals surface area contributed by atoms with Crippen molar-refractivity contribution < 1.29 is 4.79 Å². The van der Waals surface area contributed by atoms with Crippen molar-refractivity contribution in [2.24, 2.45) is 0 Å². The van der Waals surface area contributed by atoms with Crippen molar-refractivity contribution in [3.05, 3.63) is 74.9 Å². The van der Waals surface area contributed by atoms with Crippen molar-refractivity contribution in [1.29, 1.82) is 5.26 Å². The lowest BCUT2D eigenvalue weighted by molar-refractivity contribution is -0.117. The Morgan fingerprint density at radius 3 is 2.42 bits per heavy atom. The highest BCUT2D eigenvalue weighted by Crippen LogP contribution is 2.25. The second-order valence-electron chi connectivity index (χ2n) is 4.75. The number of amides is 1. The largest absolute Gasteiger partial charge is 0.359 e. The fraction of sp³-hybridized carbons (Fsp3) is 0.0588. The van der Waals surface area contributed by atoms with Crippen LogP contribution in [0.2, 0.25) is 15.1 Å². The van der Waals surface area contributed by atoms with Crippen molar-refractivity contribution >= 4 is 46.4 Å². The van der Waals surface area contributed by atoms with Crippen molar-refractivity contribution in [1.82, 2.24) is 5.32 Å². The van der Waals surface area contributed by atoms with Gasteiger partial charge in [0.25, 0.3) is 5.91 Å². The molecule has 0 saturated heterocycles. The zero-order valence-electron chi connectivity index (χ0n) is 12.3. The van der Waals surface area contributed by atoms with E-state index in [4.69, 9.17) is 40.1 Å². The molecule has 0 spiro atoms. The third-order valence-corrected chi connectivity index (χ3v) is 3.85. The topological polar surface area (TPSA) is 64.9 Å². The van der Waals surface area contributed by atoms with Gasteiger partial charge in [0.2, 0.25) is 0 Å². The van der Waals surface area contributed by atoms with Crippen LogP contribution in [-0.2, 0) is 11.3 Å². The SMILES string of the molecule is N#C/C(=C/Nc1cc(Cl)ccc1Cl)C(=O)NCc1ccc(Cl)cc1. The van der Waals surface area contributed by atoms with Crippen molar-refractivity contribution in [2.75, 3.05) is 5.32 Å². The van der Waals surface area contributed by atoms with Crippen LogP contribution >= 0.6 is 34.8 Å². The van der Waals surface area contributed by atoms with Gasteiger partial charge in [0.05, 0.1) is 10.7 Å². The Kier molecular flexibility index (Phi) is 6.51. The van der Waals surface area contributed by atoms with Crippen molar-refractivity contribution in [3.8, 4) is 6.07 Å². The van der Waals surface area contributed by atoms with Gasteiger partial charge in [-0.3, -0.25) is 4.79 Å². The molecule has 0 aliphatic rings. The van der Waals surface area contributed by atoms with Gasteiger partial charge in [-0.15, -0.1) is 0 Å². The average molecular weight is 381 g/mol. The Hall–Kier alpha value is -2.19. The molecule has 1 amide bonds. The number of hydrogen-bond donors (Lipinski definition) is 2. The van der Waals surface area contributed by atoms with Crippen molar-refractivity contribution in [3.63, 3.8) is 0 Å². The number of nitrogens with one attached hydrogen (secondary N) is 2. The van der Waals surface area contributed by atoms with E-state index in [2.05, 4.69) is 10.6 Å². The summed E-state index contributed by atoms with van der Waals surface area (Å²) in [6.07, 6.45) is 1.29. The molecule has 24 heavy (non-hydrogen) atoms. The van der Waals surface area contributed by atoms with Crippen LogP contribution in [0.5, 0.6) is 0 Å². The number of anilines is 1. The first-order valence-electron chi connectivity index (χ1n) is 6.84. The molecule has 0 radical (unpaired) electrons. The molecule has 2 N–H and O–H groups in total. The van der Waals surface area contributed by atoms with Gasteiger partial charge < -0.3 is 10.6 Å². The second-order valence-corrected chi connectivity index (χ2v) is 6.03. The zero-order valence-corrected chi connectivity index (χ0v) is 14.6. The highest BCUT2D eigenvalue weighted by atomic mass is 35.5. The van der Waals surface area contributed by atoms with E-state index in [0.29, 0.717) is 20.8 Å². The molecular weight excluding hydrogens is 369 g/mol. The molecule has 0 unspecified atom stereocenters. The van der Waals surface area contributed by atoms with Crippen LogP contribution in [0.1, 0.15) is 5.56 Å². The minimum absolute atomic E-state index is 0.0833. The lowest BCUT2D eigenvalue weighted by Crippen LogP contribution is -2.24. The highest BCUT2D eigenvalue weighted by molar-refractivity contribution is 6.35. The van der Waals surface area contributed by atoms with Crippen LogP contribution in [-0.4, -0.2) is 5.91 Å². The quantitative estimate of drug-likeness (QED) is 0.579. The van der Waals surface area contributed by atoms with Gasteiger partial charge in [0.1, 0.15) is 11.6 Å². The molecule has 2 rings (SSSR count). The summed E-state index contributed by atoms with van der Waals surface area (Å²) >= 11 is 17.7. The maximum Gasteiger partial charge on any atom is 0.263 e. The molecule has 0 aliphatic heterocycles. The van der Waals surface area contributed by atoms with Crippen LogP contribution in [0.25, 0.3) is 0 Å². The van der Waals surface area contributed by atoms with Crippen LogP contribution < -0.4 is 10.6 Å². The van der Waals surface area contributed by atoms with E-state index in [1.807, 2.05) is 6.07 Å². The van der Waals surface area contributed by atoms with E-state index >= 15 is 0 Å². The summed E-state index contributed by atoms with van der Waals surface area (Å²) in [5.41, 5.74) is 1.29. The smallest absolute Gasteiger partial charge is 0.263 e. The summed E-state index contributed by atoms with van der Waals surface area (Å²) in [5, 5.41) is 16.1. The molecule has 0 saturated carbocycles. The monoisotopic (exact) mass is 379 g/mol. The molecule has 2 aromatic rings. The van der Waals surface area contributed by atoms with Crippen LogP contribution in [0.15, 0.2) is 54.2 Å². The number of rotatable bonds is 5. The normalized spacial score (nSPS) is 10.8. The van der Waals surface area contributed by atoms with Gasteiger partial charge in [-0.25, -0.2) is 0 Å². The first-order chi connectivity index (χ1) is 11.5. The van der Waals surface area contributed by atoms with E-state index in [0.717, 1.165) is 5.56 Å². The third kappa shape index (κ3) is 5.17. The summed E-state index contributed by atoms with van der Waals surface area (Å²) in [5.74, 6) is -0.502. The third-order valence-electron chi connectivity index (χ3n) is 3.03. The molecule has 4 nitrogen and oxygen atoms in total. The lowest BCUT2D eigenvalue weighted by atomic mass is 10.2. The minimum atomic E-state index is -0.502. The number of benzene rings is 2. The summed E-state index contributed by atoms with van der Waals surface area (Å²) in [6.45, 7) is 0.285. The van der Waals surface area contributed by atoms with Gasteiger partial charge in [0.15, 0.2) is 0 Å². The maximum absolute atomic E-state index is 12.1. The van der Waals surface area contributed by atoms with Gasteiger partial charge in [-0.1, -0.05) is 46.9 Å². The molecule has 0 aliphatic carbocycles. The summed E-state index contributed by atoms with van der Waals surface area (Å²) in [4.78, 5) is 12.1. The Bertz CT molecular complexity index is 811. The predicted molar refractivity (Wildman–Crippen MR) is 97.1 cm³/mol. The Labute approximate surface area is 154 Å². The number of halogens is 3. The van der Waals surface area contributed by atoms with Gasteiger partial charge in [0, 0.05) is 22.8 Å². The predicted octanol–water partition coefficient (Wildman–Crippen LogP) is 4.78. The maximum atomic E-state index is 12.1. The molecule has 0 heterocycles. The zero-order chi connectivity index (χ0) is 17.5. The van der Waals surface area contributed by atoms with Crippen LogP contribution in [0.3, 0.4) is 0 Å². The van der Waals surface area contributed by atoms with Crippen LogP contribution in [0, 0.1) is 11.3 Å². The summed E-state index contributed by atoms with van der Waals surface area (Å²) < 4.78 is 0. The Morgan fingerprint density at radius 2 is 1.75 bits per heavy atom. The first kappa shape index (κ1) is 18.2. The number of carbonyl (C=O) groups excluding carboxylic acids is 1. The number of hydrogen-bond acceptors (Lipinski definition) is 3. The molecule has 2 aromatic carbocycles. The van der Waals surface area contributed by atoms with E-state index < -0.39 is 5.91 Å². The Balaban J connectivity index is 2.01. The van der Waals surface area contributed by atoms with E-state index in [9.17, 15) is 4.79 Å². The standard InChI is InChI=1S/C17H12Cl3N3O/c18-13-3-1-11(2-4-13)9-23-17(24)12(8-21)10-22-16-7-14(19)5-6-15(16)20/h1-7,10,22H,9H2,(H,23,24)/b12-10-. The number of carbonyl (C=O) groups is 1. The minimum Gasteiger partial charge on any atom is -0.359 e. The van der Waals surface area contributed by atoms with Gasteiger partial charge in [-0.2, -0.15) is 5.26 Å². The molecular formula is C17H12Cl3N3O. The number of nitrogens with zero attached hydrogens (tertiary/aromatic N) is 1. The molecule has 0 fully saturated rings. The van der Waals surface area contributed by atoms with Crippen molar-refractivity contribution in [2.45, 2.75) is 6.54 Å². The van der Waals surface area contributed by atoms with E-state index in [-0.39, 0.29) is 12.1 Å². The lowest BCUT2D eigenvalue weighted by Gasteiger charge is -2.07. The average Bonchev–Trinajstić information content (AvgIpc) is 2.58. The van der Waals surface area contributed by atoms with E-state index in [1.54, 1.807) is 42.5 Å². The first-order valence-corrected chi connectivity index (χ1v) is 7.97. The van der Waals surface area contributed by atoms with Crippen LogP contribution in [0.4, 0.5) is 5.69 Å². The summed E-state index contributed by atoms with van der Waals surface area (Å²) in [6, 6.07) is 13.7. The van der Waals surface area contributed by atoms with Gasteiger partial charge in [-0.05, 0) is 35.9 Å². The second kappa shape index (κ2) is 8.60.